The number of piperidine rings is 1. The maximum atomic E-state index is 10.2. The smallest absolute Gasteiger partial charge is 0.160 e. The van der Waals surface area contributed by atoms with Gasteiger partial charge in [0.25, 0.3) is 0 Å². The van der Waals surface area contributed by atoms with Gasteiger partial charge in [-0.2, -0.15) is 0 Å². The lowest BCUT2D eigenvalue weighted by Crippen LogP contribution is -2.45. The van der Waals surface area contributed by atoms with Gasteiger partial charge in [0, 0.05) is 23.2 Å². The van der Waals surface area contributed by atoms with Crippen LogP contribution in [-0.2, 0) is 13.0 Å². The van der Waals surface area contributed by atoms with Gasteiger partial charge >= 0.3 is 0 Å². The fourth-order valence-electron chi connectivity index (χ4n) is 4.48. The molecule has 0 spiro atoms. The van der Waals surface area contributed by atoms with Crippen LogP contribution in [0.2, 0.25) is 5.02 Å². The van der Waals surface area contributed by atoms with Crippen LogP contribution in [0.3, 0.4) is 0 Å². The predicted octanol–water partition coefficient (Wildman–Crippen LogP) is 4.45. The van der Waals surface area contributed by atoms with Gasteiger partial charge in [0.2, 0.25) is 0 Å². The lowest BCUT2D eigenvalue weighted by molar-refractivity contribution is 0.104. The van der Waals surface area contributed by atoms with E-state index in [9.17, 15) is 10.2 Å². The molecule has 126 valence electrons. The second-order valence-corrected chi connectivity index (χ2v) is 7.39. The van der Waals surface area contributed by atoms with Gasteiger partial charge in [-0.05, 0) is 67.5 Å². The molecule has 0 bridgehead atoms. The van der Waals surface area contributed by atoms with Crippen molar-refractivity contribution in [3.8, 4) is 11.5 Å². The summed E-state index contributed by atoms with van der Waals surface area (Å²) >= 11 is 6.13. The van der Waals surface area contributed by atoms with E-state index in [0.717, 1.165) is 49.4 Å². The number of likely N-dealkylation sites (tertiary alicyclic amines) is 1. The van der Waals surface area contributed by atoms with Crippen molar-refractivity contribution in [2.45, 2.75) is 44.2 Å². The van der Waals surface area contributed by atoms with Gasteiger partial charge in [0.1, 0.15) is 0 Å². The Labute approximate surface area is 147 Å². The Balaban J connectivity index is 1.61. The summed E-state index contributed by atoms with van der Waals surface area (Å²) in [7, 11) is 0. The first-order chi connectivity index (χ1) is 11.6. The van der Waals surface area contributed by atoms with Crippen LogP contribution in [0, 0.1) is 0 Å². The normalized spacial score (nSPS) is 23.5. The van der Waals surface area contributed by atoms with E-state index < -0.39 is 0 Å². The van der Waals surface area contributed by atoms with Gasteiger partial charge in [0.15, 0.2) is 11.5 Å². The molecule has 0 amide bonds. The number of phenolic OH excluding ortho intramolecular Hbond substituents is 2. The molecule has 3 nitrogen and oxygen atoms in total. The Morgan fingerprint density at radius 2 is 2.00 bits per heavy atom. The second kappa shape index (κ2) is 6.30. The summed E-state index contributed by atoms with van der Waals surface area (Å²) in [4.78, 5) is 2.56. The van der Waals surface area contributed by atoms with E-state index in [2.05, 4.69) is 11.0 Å². The maximum Gasteiger partial charge on any atom is 0.160 e. The quantitative estimate of drug-likeness (QED) is 0.792. The van der Waals surface area contributed by atoms with Crippen molar-refractivity contribution < 1.29 is 10.2 Å². The van der Waals surface area contributed by atoms with Gasteiger partial charge in [0.05, 0.1) is 0 Å². The average molecular weight is 344 g/mol. The molecular weight excluding hydrogens is 322 g/mol. The van der Waals surface area contributed by atoms with Gasteiger partial charge in [-0.3, -0.25) is 4.90 Å². The van der Waals surface area contributed by atoms with Crippen LogP contribution in [0.15, 0.2) is 36.4 Å². The summed E-state index contributed by atoms with van der Waals surface area (Å²) in [5.41, 5.74) is 3.42. The molecule has 2 N–H and O–H groups in total. The summed E-state index contributed by atoms with van der Waals surface area (Å²) < 4.78 is 0. The first-order valence-corrected chi connectivity index (χ1v) is 9.03. The molecule has 24 heavy (non-hydrogen) atoms. The van der Waals surface area contributed by atoms with E-state index in [1.54, 1.807) is 6.07 Å². The summed E-state index contributed by atoms with van der Waals surface area (Å²) in [6, 6.07) is 12.2. The molecule has 4 heteroatoms. The molecule has 1 heterocycles. The van der Waals surface area contributed by atoms with Crippen molar-refractivity contribution in [1.29, 1.82) is 0 Å². The van der Waals surface area contributed by atoms with E-state index in [-0.39, 0.29) is 11.5 Å². The molecule has 1 fully saturated rings. The minimum absolute atomic E-state index is 0.00112. The third kappa shape index (κ3) is 2.76. The number of fused-ring (bicyclic) bond motifs is 3. The predicted molar refractivity (Wildman–Crippen MR) is 95.7 cm³/mol. The monoisotopic (exact) mass is 343 g/mol. The zero-order chi connectivity index (χ0) is 16.7. The standard InChI is InChI=1S/C20H22ClNO2/c21-14-4-1-3-13(11-14)12-22-10-2-5-16-15-7-9-19(23)20(24)17(15)6-8-18(16)22/h1,3-4,7,9,11,16,18,23-24H,2,5-6,8,10,12H2/t16-,18-/m0/s1. The number of halogens is 1. The topological polar surface area (TPSA) is 43.7 Å². The SMILES string of the molecule is Oc1ccc2c(c1O)CC[C@H]1[C@H]2CCCN1Cc1cccc(Cl)c1. The van der Waals surface area contributed by atoms with E-state index in [0.29, 0.717) is 12.0 Å². The highest BCUT2D eigenvalue weighted by Gasteiger charge is 2.37. The van der Waals surface area contributed by atoms with Crippen LogP contribution < -0.4 is 0 Å². The fourth-order valence-corrected chi connectivity index (χ4v) is 4.69. The molecule has 4 rings (SSSR count). The van der Waals surface area contributed by atoms with Crippen LogP contribution in [0.5, 0.6) is 11.5 Å². The highest BCUT2D eigenvalue weighted by molar-refractivity contribution is 6.30. The number of hydrogen-bond donors (Lipinski definition) is 2. The minimum Gasteiger partial charge on any atom is -0.504 e. The largest absolute Gasteiger partial charge is 0.504 e. The lowest BCUT2D eigenvalue weighted by Gasteiger charge is -2.45. The van der Waals surface area contributed by atoms with Gasteiger partial charge in [-0.25, -0.2) is 0 Å². The van der Waals surface area contributed by atoms with Crippen molar-refractivity contribution in [2.75, 3.05) is 6.54 Å². The first kappa shape index (κ1) is 15.8. The van der Waals surface area contributed by atoms with E-state index in [1.807, 2.05) is 24.3 Å². The number of benzene rings is 2. The lowest BCUT2D eigenvalue weighted by atomic mass is 9.74. The van der Waals surface area contributed by atoms with Crippen LogP contribution in [0.1, 0.15) is 41.9 Å². The maximum absolute atomic E-state index is 10.2. The molecule has 0 saturated carbocycles. The molecule has 1 aliphatic carbocycles. The molecule has 0 aromatic heterocycles. The summed E-state index contributed by atoms with van der Waals surface area (Å²) in [6.07, 6.45) is 4.15. The third-order valence-electron chi connectivity index (χ3n) is 5.56. The average Bonchev–Trinajstić information content (AvgIpc) is 2.58. The van der Waals surface area contributed by atoms with Crippen LogP contribution >= 0.6 is 11.6 Å². The first-order valence-electron chi connectivity index (χ1n) is 8.65. The molecule has 2 aromatic carbocycles. The zero-order valence-corrected chi connectivity index (χ0v) is 14.3. The van der Waals surface area contributed by atoms with Gasteiger partial charge in [-0.1, -0.05) is 29.8 Å². The highest BCUT2D eigenvalue weighted by Crippen LogP contribution is 2.45. The van der Waals surface area contributed by atoms with Crippen molar-refractivity contribution in [3.05, 3.63) is 58.1 Å². The van der Waals surface area contributed by atoms with Gasteiger partial charge in [-0.15, -0.1) is 0 Å². The van der Waals surface area contributed by atoms with E-state index in [4.69, 9.17) is 11.6 Å². The molecule has 1 aliphatic heterocycles. The molecule has 0 unspecified atom stereocenters. The fraction of sp³-hybridized carbons (Fsp3) is 0.400. The number of nitrogens with zero attached hydrogens (tertiary/aromatic N) is 1. The van der Waals surface area contributed by atoms with Gasteiger partial charge < -0.3 is 10.2 Å². The number of phenols is 2. The molecule has 1 saturated heterocycles. The van der Waals surface area contributed by atoms with E-state index in [1.165, 1.54) is 11.1 Å². The summed E-state index contributed by atoms with van der Waals surface area (Å²) in [5.74, 6) is 0.518. The highest BCUT2D eigenvalue weighted by atomic mass is 35.5. The Morgan fingerprint density at radius 3 is 2.83 bits per heavy atom. The summed E-state index contributed by atoms with van der Waals surface area (Å²) in [5, 5.41) is 20.7. The summed E-state index contributed by atoms with van der Waals surface area (Å²) in [6.45, 7) is 2.02. The van der Waals surface area contributed by atoms with Crippen molar-refractivity contribution in [2.24, 2.45) is 0 Å². The minimum atomic E-state index is -0.00112. The van der Waals surface area contributed by atoms with Crippen LogP contribution in [-0.4, -0.2) is 27.7 Å². The Kier molecular flexibility index (Phi) is 4.15. The Bertz CT molecular complexity index is 761. The molecule has 0 radical (unpaired) electrons. The Morgan fingerprint density at radius 1 is 1.12 bits per heavy atom. The molecule has 2 aliphatic rings. The van der Waals surface area contributed by atoms with Crippen LogP contribution in [0.4, 0.5) is 0 Å². The Hall–Kier alpha value is -1.71. The molecular formula is C20H22ClNO2. The molecule has 2 atom stereocenters. The molecule has 2 aromatic rings. The third-order valence-corrected chi connectivity index (χ3v) is 5.79. The second-order valence-electron chi connectivity index (χ2n) is 6.96. The number of hydrogen-bond acceptors (Lipinski definition) is 3. The van der Waals surface area contributed by atoms with Crippen molar-refractivity contribution in [3.63, 3.8) is 0 Å². The number of aromatic hydroxyl groups is 2. The van der Waals surface area contributed by atoms with E-state index >= 15 is 0 Å². The van der Waals surface area contributed by atoms with Crippen molar-refractivity contribution in [1.82, 2.24) is 4.90 Å². The van der Waals surface area contributed by atoms with Crippen molar-refractivity contribution >= 4 is 11.6 Å². The number of rotatable bonds is 2. The van der Waals surface area contributed by atoms with Crippen LogP contribution in [0.25, 0.3) is 0 Å². The zero-order valence-electron chi connectivity index (χ0n) is 13.6.